The number of sulfonamides is 1. The monoisotopic (exact) mass is 356 g/mol. The molecule has 24 heavy (non-hydrogen) atoms. The zero-order valence-electron chi connectivity index (χ0n) is 13.5. The fourth-order valence-electron chi connectivity index (χ4n) is 3.91. The summed E-state index contributed by atoms with van der Waals surface area (Å²) < 4.78 is 38.7. The van der Waals surface area contributed by atoms with Crippen molar-refractivity contribution in [3.63, 3.8) is 0 Å². The Balaban J connectivity index is 1.79. The lowest BCUT2D eigenvalue weighted by Gasteiger charge is -2.47. The molecule has 1 spiro atoms. The molecule has 132 valence electrons. The van der Waals surface area contributed by atoms with Gasteiger partial charge in [0.05, 0.1) is 17.9 Å². The molecule has 1 N–H and O–H groups in total. The van der Waals surface area contributed by atoms with Crippen molar-refractivity contribution in [2.24, 2.45) is 0 Å². The molecular formula is C16H21FN2O4S. The van der Waals surface area contributed by atoms with Gasteiger partial charge in [0.2, 0.25) is 10.0 Å². The molecule has 0 aliphatic carbocycles. The van der Waals surface area contributed by atoms with Gasteiger partial charge < -0.3 is 10.0 Å². The Kier molecular flexibility index (Phi) is 4.39. The van der Waals surface area contributed by atoms with Crippen molar-refractivity contribution in [1.82, 2.24) is 9.21 Å². The van der Waals surface area contributed by atoms with Gasteiger partial charge in [0, 0.05) is 25.2 Å². The van der Waals surface area contributed by atoms with Gasteiger partial charge in [0.1, 0.15) is 5.82 Å². The van der Waals surface area contributed by atoms with Crippen molar-refractivity contribution in [2.75, 3.05) is 25.9 Å². The molecule has 0 saturated carbocycles. The standard InChI is InChI=1S/C16H21FN2O4S/c1-24(22,23)19-8-3-6-16(19)7-9-18(11-14(16)20)15(21)12-4-2-5-13(17)10-12/h2,4-5,10,14,20H,3,6-9,11H2,1H3/t14-,16-/m0/s1. The van der Waals surface area contributed by atoms with Gasteiger partial charge >= 0.3 is 0 Å². The summed E-state index contributed by atoms with van der Waals surface area (Å²) in [6.45, 7) is 0.771. The van der Waals surface area contributed by atoms with Crippen molar-refractivity contribution < 1.29 is 22.7 Å². The molecule has 2 aliphatic heterocycles. The summed E-state index contributed by atoms with van der Waals surface area (Å²) in [6.07, 6.45) is 1.85. The Morgan fingerprint density at radius 1 is 1.33 bits per heavy atom. The molecule has 6 nitrogen and oxygen atoms in total. The summed E-state index contributed by atoms with van der Waals surface area (Å²) in [5, 5.41) is 10.6. The first-order valence-corrected chi connectivity index (χ1v) is 9.80. The number of hydrogen-bond acceptors (Lipinski definition) is 4. The number of likely N-dealkylation sites (tertiary alicyclic amines) is 1. The highest BCUT2D eigenvalue weighted by Crippen LogP contribution is 2.40. The number of rotatable bonds is 2. The average Bonchev–Trinajstić information content (AvgIpc) is 2.94. The Morgan fingerprint density at radius 3 is 2.71 bits per heavy atom. The SMILES string of the molecule is CS(=O)(=O)N1CCC[C@@]12CCN(C(=O)c1cccc(F)c1)C[C@@H]2O. The van der Waals surface area contributed by atoms with Crippen LogP contribution in [0.3, 0.4) is 0 Å². The molecule has 0 aromatic heterocycles. The van der Waals surface area contributed by atoms with E-state index in [9.17, 15) is 22.7 Å². The van der Waals surface area contributed by atoms with Gasteiger partial charge in [0.15, 0.2) is 0 Å². The van der Waals surface area contributed by atoms with Gasteiger partial charge in [-0.05, 0) is 37.5 Å². The third-order valence-electron chi connectivity index (χ3n) is 5.05. The first kappa shape index (κ1) is 17.3. The molecule has 2 saturated heterocycles. The summed E-state index contributed by atoms with van der Waals surface area (Å²) in [5.41, 5.74) is -0.601. The van der Waals surface area contributed by atoms with Crippen LogP contribution in [0.4, 0.5) is 4.39 Å². The summed E-state index contributed by atoms with van der Waals surface area (Å²) in [6, 6.07) is 5.42. The number of piperidine rings is 1. The number of carbonyl (C=O) groups is 1. The van der Waals surface area contributed by atoms with Crippen molar-refractivity contribution >= 4 is 15.9 Å². The van der Waals surface area contributed by atoms with E-state index in [0.29, 0.717) is 32.4 Å². The van der Waals surface area contributed by atoms with Crippen molar-refractivity contribution in [2.45, 2.75) is 30.9 Å². The number of hydrogen-bond donors (Lipinski definition) is 1. The highest BCUT2D eigenvalue weighted by Gasteiger charge is 2.53. The highest BCUT2D eigenvalue weighted by molar-refractivity contribution is 7.88. The molecule has 2 heterocycles. The van der Waals surface area contributed by atoms with E-state index in [4.69, 9.17) is 0 Å². The molecular weight excluding hydrogens is 335 g/mol. The predicted octanol–water partition coefficient (Wildman–Crippen LogP) is 0.827. The fraction of sp³-hybridized carbons (Fsp3) is 0.562. The molecule has 1 aromatic rings. The molecule has 0 unspecified atom stereocenters. The van der Waals surface area contributed by atoms with Gasteiger partial charge in [-0.1, -0.05) is 6.07 Å². The Hall–Kier alpha value is -1.51. The van der Waals surface area contributed by atoms with Crippen LogP contribution in [0.15, 0.2) is 24.3 Å². The van der Waals surface area contributed by atoms with E-state index in [-0.39, 0.29) is 18.0 Å². The number of nitrogens with zero attached hydrogens (tertiary/aromatic N) is 2. The van der Waals surface area contributed by atoms with Crippen LogP contribution in [0.5, 0.6) is 0 Å². The molecule has 2 atom stereocenters. The maximum absolute atomic E-state index is 13.3. The van der Waals surface area contributed by atoms with Crippen LogP contribution in [0.2, 0.25) is 0 Å². The van der Waals surface area contributed by atoms with E-state index < -0.39 is 27.5 Å². The minimum Gasteiger partial charge on any atom is -0.389 e. The summed E-state index contributed by atoms with van der Waals surface area (Å²) in [4.78, 5) is 14.0. The number of carbonyl (C=O) groups excluding carboxylic acids is 1. The first-order valence-electron chi connectivity index (χ1n) is 7.95. The average molecular weight is 356 g/mol. The lowest BCUT2D eigenvalue weighted by Crippen LogP contribution is -2.63. The molecule has 0 radical (unpaired) electrons. The molecule has 1 aromatic carbocycles. The van der Waals surface area contributed by atoms with E-state index in [2.05, 4.69) is 0 Å². The lowest BCUT2D eigenvalue weighted by atomic mass is 9.83. The third kappa shape index (κ3) is 2.94. The minimum atomic E-state index is -3.42. The van der Waals surface area contributed by atoms with E-state index in [0.717, 1.165) is 12.3 Å². The Morgan fingerprint density at radius 2 is 2.08 bits per heavy atom. The number of halogens is 1. The van der Waals surface area contributed by atoms with Crippen molar-refractivity contribution in [3.8, 4) is 0 Å². The van der Waals surface area contributed by atoms with Crippen LogP contribution in [0.25, 0.3) is 0 Å². The van der Waals surface area contributed by atoms with Gasteiger partial charge in [-0.25, -0.2) is 12.8 Å². The largest absolute Gasteiger partial charge is 0.389 e. The number of aliphatic hydroxyl groups is 1. The third-order valence-corrected chi connectivity index (χ3v) is 6.40. The fourth-order valence-corrected chi connectivity index (χ4v) is 5.33. The smallest absolute Gasteiger partial charge is 0.254 e. The predicted molar refractivity (Wildman–Crippen MR) is 86.4 cm³/mol. The first-order chi connectivity index (χ1) is 11.2. The van der Waals surface area contributed by atoms with E-state index in [1.807, 2.05) is 0 Å². The normalized spacial score (nSPS) is 28.5. The summed E-state index contributed by atoms with van der Waals surface area (Å²) >= 11 is 0. The lowest BCUT2D eigenvalue weighted by molar-refractivity contribution is -0.0292. The topological polar surface area (TPSA) is 77.9 Å². The highest BCUT2D eigenvalue weighted by atomic mass is 32.2. The summed E-state index contributed by atoms with van der Waals surface area (Å²) in [5.74, 6) is -0.846. The van der Waals surface area contributed by atoms with Crippen LogP contribution in [-0.2, 0) is 10.0 Å². The number of benzene rings is 1. The van der Waals surface area contributed by atoms with Crippen LogP contribution < -0.4 is 0 Å². The number of β-amino-alcohol motifs (C(OH)–C–C–N with tert-alkyl or cyclic N) is 1. The Labute approximate surface area is 140 Å². The molecule has 1 amide bonds. The van der Waals surface area contributed by atoms with Crippen LogP contribution in [-0.4, -0.2) is 66.2 Å². The second-order valence-electron chi connectivity index (χ2n) is 6.57. The van der Waals surface area contributed by atoms with Gasteiger partial charge in [-0.3, -0.25) is 4.79 Å². The van der Waals surface area contributed by atoms with Crippen LogP contribution in [0, 0.1) is 5.82 Å². The maximum Gasteiger partial charge on any atom is 0.254 e. The van der Waals surface area contributed by atoms with Crippen LogP contribution in [0.1, 0.15) is 29.6 Å². The van der Waals surface area contributed by atoms with E-state index in [1.54, 1.807) is 0 Å². The van der Waals surface area contributed by atoms with Gasteiger partial charge in [-0.2, -0.15) is 4.31 Å². The molecule has 0 bridgehead atoms. The Bertz CT molecular complexity index is 754. The second-order valence-corrected chi connectivity index (χ2v) is 8.48. The molecule has 8 heteroatoms. The second kappa shape index (κ2) is 6.09. The number of aliphatic hydroxyl groups excluding tert-OH is 1. The van der Waals surface area contributed by atoms with Crippen molar-refractivity contribution in [1.29, 1.82) is 0 Å². The van der Waals surface area contributed by atoms with Gasteiger partial charge in [-0.15, -0.1) is 0 Å². The molecule has 3 rings (SSSR count). The quantitative estimate of drug-likeness (QED) is 0.851. The van der Waals surface area contributed by atoms with E-state index >= 15 is 0 Å². The van der Waals surface area contributed by atoms with Gasteiger partial charge in [0.25, 0.3) is 5.91 Å². The zero-order valence-corrected chi connectivity index (χ0v) is 14.3. The van der Waals surface area contributed by atoms with Crippen molar-refractivity contribution in [3.05, 3.63) is 35.6 Å². The number of amides is 1. The summed E-state index contributed by atoms with van der Waals surface area (Å²) in [7, 11) is -3.42. The minimum absolute atomic E-state index is 0.0430. The van der Waals surface area contributed by atoms with Crippen LogP contribution >= 0.6 is 0 Å². The zero-order chi connectivity index (χ0) is 17.5. The molecule has 2 fully saturated rings. The maximum atomic E-state index is 13.3. The molecule has 2 aliphatic rings. The van der Waals surface area contributed by atoms with E-state index in [1.165, 1.54) is 27.4 Å².